The van der Waals surface area contributed by atoms with Crippen molar-refractivity contribution in [3.63, 3.8) is 0 Å². The molecule has 2 aliphatic rings. The van der Waals surface area contributed by atoms with Crippen LogP contribution in [-0.4, -0.2) is 82.3 Å². The van der Waals surface area contributed by atoms with Crippen molar-refractivity contribution in [1.29, 1.82) is 0 Å². The highest BCUT2D eigenvalue weighted by Gasteiger charge is 2.53. The molecule has 0 spiro atoms. The van der Waals surface area contributed by atoms with Crippen LogP contribution in [0.1, 0.15) is 48.2 Å². The lowest BCUT2D eigenvalue weighted by atomic mass is 9.79. The van der Waals surface area contributed by atoms with Crippen molar-refractivity contribution >= 4 is 11.8 Å². The Kier molecular flexibility index (Phi) is 9.20. The van der Waals surface area contributed by atoms with Crippen LogP contribution in [0.25, 0.3) is 11.3 Å². The smallest absolute Gasteiger partial charge is 0.394 e. The molecule has 6 atom stereocenters. The van der Waals surface area contributed by atoms with Gasteiger partial charge in [0, 0.05) is 24.6 Å². The van der Waals surface area contributed by atoms with Crippen LogP contribution in [0.5, 0.6) is 0 Å². The van der Waals surface area contributed by atoms with Gasteiger partial charge >= 0.3 is 6.18 Å². The lowest BCUT2D eigenvalue weighted by molar-refractivity contribution is -0.179. The number of aliphatic hydroxyl groups excluding tert-OH is 3. The monoisotopic (exact) mass is 670 g/mol. The fraction of sp³-hybridized carbons (Fsp3) is 0.519. The molecule has 1 saturated carbocycles. The van der Waals surface area contributed by atoms with Gasteiger partial charge in [-0.15, -0.1) is 16.9 Å². The van der Waals surface area contributed by atoms with Crippen molar-refractivity contribution in [3.05, 3.63) is 65.4 Å². The number of aliphatic hydroxyl groups is 4. The summed E-state index contributed by atoms with van der Waals surface area (Å²) in [6.45, 7) is -0.865. The molecule has 9 nitrogen and oxygen atoms in total. The van der Waals surface area contributed by atoms with E-state index < -0.39 is 114 Å². The predicted octanol–water partition coefficient (Wildman–Crippen LogP) is 4.17. The van der Waals surface area contributed by atoms with E-state index in [1.54, 1.807) is 0 Å². The molecule has 1 aliphatic carbocycles. The van der Waals surface area contributed by atoms with Crippen molar-refractivity contribution in [2.24, 2.45) is 0 Å². The number of aromatic nitrogens is 4. The molecule has 2 fully saturated rings. The first-order chi connectivity index (χ1) is 21.0. The first-order valence-corrected chi connectivity index (χ1v) is 14.5. The van der Waals surface area contributed by atoms with E-state index in [0.717, 1.165) is 23.1 Å². The second-order valence-electron chi connectivity index (χ2n) is 10.9. The van der Waals surface area contributed by atoms with Crippen molar-refractivity contribution in [2.45, 2.75) is 78.4 Å². The Morgan fingerprint density at radius 2 is 1.69 bits per heavy atom. The van der Waals surface area contributed by atoms with E-state index in [9.17, 15) is 55.5 Å². The molecule has 1 aromatic carbocycles. The summed E-state index contributed by atoms with van der Waals surface area (Å²) < 4.78 is 118. The number of ether oxygens (including phenoxy) is 1. The number of halogens is 8. The largest absolute Gasteiger partial charge is 0.418 e. The first kappa shape index (κ1) is 33.5. The molecule has 18 heteroatoms. The van der Waals surface area contributed by atoms with Crippen LogP contribution >= 0.6 is 11.8 Å². The normalized spacial score (nSPS) is 27.3. The number of benzene rings is 1. The molecule has 3 heterocycles. The summed E-state index contributed by atoms with van der Waals surface area (Å²) in [5.74, 6) is -7.96. The number of pyridine rings is 1. The minimum atomic E-state index is -4.97. The number of rotatable bonds is 7. The zero-order chi connectivity index (χ0) is 32.9. The van der Waals surface area contributed by atoms with Crippen LogP contribution in [-0.2, 0) is 10.9 Å². The molecule has 4 N–H and O–H groups in total. The fourth-order valence-electron chi connectivity index (χ4n) is 5.51. The summed E-state index contributed by atoms with van der Waals surface area (Å²) in [4.78, 5) is 3.84. The molecule has 3 aromatic rings. The highest BCUT2D eigenvalue weighted by atomic mass is 32.2. The van der Waals surface area contributed by atoms with Gasteiger partial charge in [0.05, 0.1) is 34.9 Å². The Labute approximate surface area is 253 Å². The Bertz CT molecular complexity index is 1500. The van der Waals surface area contributed by atoms with Crippen molar-refractivity contribution < 1.29 is 60.3 Å². The molecule has 0 radical (unpaired) electrons. The molecule has 1 unspecified atom stereocenters. The maximum atomic E-state index is 14.1. The molecule has 2 aromatic heterocycles. The van der Waals surface area contributed by atoms with Gasteiger partial charge in [-0.25, -0.2) is 26.6 Å². The molecule has 45 heavy (non-hydrogen) atoms. The first-order valence-electron chi connectivity index (χ1n) is 13.5. The average molecular weight is 671 g/mol. The van der Waals surface area contributed by atoms with E-state index in [0.29, 0.717) is 30.0 Å². The zero-order valence-electron chi connectivity index (χ0n) is 22.9. The van der Waals surface area contributed by atoms with E-state index in [2.05, 4.69) is 15.3 Å². The zero-order valence-corrected chi connectivity index (χ0v) is 23.7. The number of hydrogen-bond acceptors (Lipinski definition) is 9. The molecule has 1 saturated heterocycles. The summed E-state index contributed by atoms with van der Waals surface area (Å²) in [6.07, 6.45) is -10.9. The van der Waals surface area contributed by atoms with Crippen molar-refractivity contribution in [3.8, 4) is 11.3 Å². The SMILES string of the molecule is OC[C@H]1O[C@@H](SC(c2ncccc2C(F)(F)F)C2(O)CCC(F)(F)CC2)[C@H](O)[C@@H](n2cc(-c3cc(F)c(F)c(F)c3)nn2)[C@H]1O. The van der Waals surface area contributed by atoms with Crippen molar-refractivity contribution in [2.75, 3.05) is 6.61 Å². The number of nitrogens with zero attached hydrogens (tertiary/aromatic N) is 4. The Balaban J connectivity index is 1.52. The average Bonchev–Trinajstić information content (AvgIpc) is 3.46. The van der Waals surface area contributed by atoms with Gasteiger partial charge in [-0.2, -0.15) is 13.2 Å². The Morgan fingerprint density at radius 1 is 1.04 bits per heavy atom. The molecule has 246 valence electrons. The number of thioether (sulfide) groups is 1. The van der Waals surface area contributed by atoms with E-state index in [-0.39, 0.29) is 11.3 Å². The van der Waals surface area contributed by atoms with E-state index in [1.807, 2.05) is 0 Å². The van der Waals surface area contributed by atoms with Gasteiger partial charge in [-0.1, -0.05) is 5.21 Å². The van der Waals surface area contributed by atoms with Gasteiger partial charge in [-0.05, 0) is 37.1 Å². The lowest BCUT2D eigenvalue weighted by Gasteiger charge is -2.46. The summed E-state index contributed by atoms with van der Waals surface area (Å²) in [5, 5.41) is 49.6. The van der Waals surface area contributed by atoms with Crippen LogP contribution in [0.4, 0.5) is 35.1 Å². The molecule has 0 amide bonds. The summed E-state index contributed by atoms with van der Waals surface area (Å²) in [5.41, 5.74) is -6.24. The minimum absolute atomic E-state index is 0.220. The topological polar surface area (TPSA) is 134 Å². The molecular weight excluding hydrogens is 644 g/mol. The highest BCUT2D eigenvalue weighted by Crippen LogP contribution is 2.54. The molecule has 1 aliphatic heterocycles. The third kappa shape index (κ3) is 6.66. The second-order valence-corrected chi connectivity index (χ2v) is 12.2. The maximum absolute atomic E-state index is 14.1. The molecule has 0 bridgehead atoms. The second kappa shape index (κ2) is 12.4. The van der Waals surface area contributed by atoms with Crippen molar-refractivity contribution in [1.82, 2.24) is 20.0 Å². The lowest BCUT2D eigenvalue weighted by Crippen LogP contribution is -2.55. The molecular formula is C27H26F8N4O5S. The number of hydrogen-bond donors (Lipinski definition) is 4. The fourth-order valence-corrected chi connectivity index (χ4v) is 7.11. The summed E-state index contributed by atoms with van der Waals surface area (Å²) >= 11 is 0.437. The maximum Gasteiger partial charge on any atom is 0.418 e. The summed E-state index contributed by atoms with van der Waals surface area (Å²) in [6, 6.07) is 1.43. The van der Waals surface area contributed by atoms with Gasteiger partial charge in [0.15, 0.2) is 17.5 Å². The van der Waals surface area contributed by atoms with E-state index >= 15 is 0 Å². The van der Waals surface area contributed by atoms with Gasteiger partial charge < -0.3 is 25.2 Å². The van der Waals surface area contributed by atoms with Gasteiger partial charge in [-0.3, -0.25) is 4.98 Å². The summed E-state index contributed by atoms with van der Waals surface area (Å²) in [7, 11) is 0. The number of alkyl halides is 5. The van der Waals surface area contributed by atoms with Gasteiger partial charge in [0.25, 0.3) is 0 Å². The van der Waals surface area contributed by atoms with Gasteiger partial charge in [0.2, 0.25) is 5.92 Å². The predicted molar refractivity (Wildman–Crippen MR) is 140 cm³/mol. The van der Waals surface area contributed by atoms with Crippen LogP contribution < -0.4 is 0 Å². The van der Waals surface area contributed by atoms with Crippen LogP contribution in [0.15, 0.2) is 36.7 Å². The standard InChI is InChI=1S/C27H26F8N4O5S/c28-14-8-12(9-15(29)18(14)30)16-10-39(38-37-16)20-21(41)17(11-40)44-24(22(20)42)45-23(25(43)3-5-26(31,32)6-4-25)19-13(27(33,34)35)2-1-7-36-19/h1-2,7-10,17,20-24,40-43H,3-6,11H2/t17-,20+,21+,22-,23?,24+/m1/s1. The Morgan fingerprint density at radius 3 is 2.29 bits per heavy atom. The third-order valence-electron chi connectivity index (χ3n) is 7.94. The Hall–Kier alpha value is -2.90. The third-order valence-corrected chi connectivity index (χ3v) is 9.53. The minimum Gasteiger partial charge on any atom is -0.394 e. The molecule has 5 rings (SSSR count). The highest BCUT2D eigenvalue weighted by molar-refractivity contribution is 8.00. The van der Waals surface area contributed by atoms with E-state index in [1.165, 1.54) is 0 Å². The van der Waals surface area contributed by atoms with E-state index in [4.69, 9.17) is 4.74 Å². The van der Waals surface area contributed by atoms with Gasteiger partial charge in [0.1, 0.15) is 35.5 Å². The van der Waals surface area contributed by atoms with Crippen LogP contribution in [0.2, 0.25) is 0 Å². The van der Waals surface area contributed by atoms with Crippen LogP contribution in [0, 0.1) is 17.5 Å². The van der Waals surface area contributed by atoms with Crippen LogP contribution in [0.3, 0.4) is 0 Å². The quantitative estimate of drug-likeness (QED) is 0.216.